The van der Waals surface area contributed by atoms with Gasteiger partial charge in [0, 0.05) is 17.1 Å². The maximum Gasteiger partial charge on any atom is 0.0408 e. The van der Waals surface area contributed by atoms with Gasteiger partial charge in [0.1, 0.15) is 0 Å². The number of hydrogen-bond acceptors (Lipinski definition) is 1. The molecule has 2 unspecified atom stereocenters. The first-order valence-electron chi connectivity index (χ1n) is 5.83. The van der Waals surface area contributed by atoms with Gasteiger partial charge in [-0.3, -0.25) is 0 Å². The van der Waals surface area contributed by atoms with E-state index in [4.69, 9.17) is 11.6 Å². The van der Waals surface area contributed by atoms with Crippen LogP contribution < -0.4 is 5.32 Å². The van der Waals surface area contributed by atoms with Crippen LogP contribution in [-0.2, 0) is 12.8 Å². The molecule has 0 saturated carbocycles. The number of nitrogens with one attached hydrogen (secondary N) is 1. The van der Waals surface area contributed by atoms with E-state index in [1.54, 1.807) is 0 Å². The van der Waals surface area contributed by atoms with Gasteiger partial charge in [-0.2, -0.15) is 0 Å². The predicted molar refractivity (Wildman–Crippen MR) is 70.1 cm³/mol. The van der Waals surface area contributed by atoms with Crippen LogP contribution in [-0.4, -0.2) is 12.1 Å². The summed E-state index contributed by atoms with van der Waals surface area (Å²) in [6, 6.07) is 7.29. The number of hydrogen-bond donors (Lipinski definition) is 1. The van der Waals surface area contributed by atoms with Crippen LogP contribution in [0, 0.1) is 0 Å². The monoisotopic (exact) mass is 235 g/mol. The van der Waals surface area contributed by atoms with Crippen LogP contribution >= 0.6 is 11.6 Å². The standard InChI is InChI=1S/C14H18ClN/c1-3-4-10(2)16-14-8-11-5-6-13(15)7-12(11)9-14/h3,5-7,10,14,16H,1,4,8-9H2,2H3. The molecule has 16 heavy (non-hydrogen) atoms. The summed E-state index contributed by atoms with van der Waals surface area (Å²) in [5, 5.41) is 4.48. The van der Waals surface area contributed by atoms with Crippen molar-refractivity contribution in [3.63, 3.8) is 0 Å². The van der Waals surface area contributed by atoms with E-state index in [0.717, 1.165) is 24.3 Å². The molecular weight excluding hydrogens is 218 g/mol. The van der Waals surface area contributed by atoms with E-state index in [1.165, 1.54) is 11.1 Å². The van der Waals surface area contributed by atoms with Crippen LogP contribution in [0.3, 0.4) is 0 Å². The molecule has 1 nitrogen and oxygen atoms in total. The first kappa shape index (κ1) is 11.7. The SMILES string of the molecule is C=CCC(C)NC1Cc2ccc(Cl)cc2C1. The highest BCUT2D eigenvalue weighted by molar-refractivity contribution is 6.30. The van der Waals surface area contributed by atoms with Gasteiger partial charge in [-0.15, -0.1) is 6.58 Å². The molecule has 0 heterocycles. The fraction of sp³-hybridized carbons (Fsp3) is 0.429. The molecule has 1 aromatic rings. The Labute approximate surface area is 103 Å². The van der Waals surface area contributed by atoms with Crippen molar-refractivity contribution in [2.24, 2.45) is 0 Å². The lowest BCUT2D eigenvalue weighted by molar-refractivity contribution is 0.458. The van der Waals surface area contributed by atoms with Crippen molar-refractivity contribution in [1.29, 1.82) is 0 Å². The minimum atomic E-state index is 0.507. The van der Waals surface area contributed by atoms with Crippen LogP contribution in [0.2, 0.25) is 5.02 Å². The molecule has 0 saturated heterocycles. The summed E-state index contributed by atoms with van der Waals surface area (Å²) in [6.45, 7) is 5.97. The lowest BCUT2D eigenvalue weighted by atomic mass is 10.1. The van der Waals surface area contributed by atoms with Crippen LogP contribution in [0.1, 0.15) is 24.5 Å². The molecule has 0 radical (unpaired) electrons. The third-order valence-corrected chi connectivity index (χ3v) is 3.38. The molecule has 0 amide bonds. The van der Waals surface area contributed by atoms with Gasteiger partial charge in [-0.05, 0) is 49.4 Å². The van der Waals surface area contributed by atoms with Gasteiger partial charge in [0.15, 0.2) is 0 Å². The highest BCUT2D eigenvalue weighted by Gasteiger charge is 2.22. The zero-order valence-corrected chi connectivity index (χ0v) is 10.4. The molecule has 1 N–H and O–H groups in total. The largest absolute Gasteiger partial charge is 0.311 e. The first-order chi connectivity index (χ1) is 7.69. The van der Waals surface area contributed by atoms with Gasteiger partial charge < -0.3 is 5.32 Å². The van der Waals surface area contributed by atoms with Gasteiger partial charge in [-0.1, -0.05) is 23.7 Å². The van der Waals surface area contributed by atoms with Gasteiger partial charge in [0.2, 0.25) is 0 Å². The molecule has 0 bridgehead atoms. The molecule has 86 valence electrons. The third kappa shape index (κ3) is 2.66. The smallest absolute Gasteiger partial charge is 0.0408 e. The highest BCUT2D eigenvalue weighted by atomic mass is 35.5. The lowest BCUT2D eigenvalue weighted by Gasteiger charge is -2.17. The topological polar surface area (TPSA) is 12.0 Å². The van der Waals surface area contributed by atoms with Crippen molar-refractivity contribution in [3.8, 4) is 0 Å². The predicted octanol–water partition coefficient (Wildman–Crippen LogP) is 3.36. The van der Waals surface area contributed by atoms with E-state index in [1.807, 2.05) is 12.1 Å². The second kappa shape index (κ2) is 5.03. The quantitative estimate of drug-likeness (QED) is 0.790. The van der Waals surface area contributed by atoms with Crippen LogP contribution in [0.15, 0.2) is 30.9 Å². The number of rotatable bonds is 4. The molecule has 2 atom stereocenters. The van der Waals surface area contributed by atoms with Crippen LogP contribution in [0.5, 0.6) is 0 Å². The van der Waals surface area contributed by atoms with E-state index < -0.39 is 0 Å². The molecule has 1 aromatic carbocycles. The normalized spacial score (nSPS) is 20.5. The zero-order valence-electron chi connectivity index (χ0n) is 9.67. The summed E-state index contributed by atoms with van der Waals surface area (Å²) in [5.41, 5.74) is 2.84. The third-order valence-electron chi connectivity index (χ3n) is 3.14. The van der Waals surface area contributed by atoms with Crippen molar-refractivity contribution in [2.45, 2.75) is 38.3 Å². The maximum absolute atomic E-state index is 5.99. The van der Waals surface area contributed by atoms with Crippen LogP contribution in [0.25, 0.3) is 0 Å². The Kier molecular flexibility index (Phi) is 3.67. The number of fused-ring (bicyclic) bond motifs is 1. The maximum atomic E-state index is 5.99. The molecule has 1 aliphatic rings. The van der Waals surface area contributed by atoms with E-state index in [0.29, 0.717) is 12.1 Å². The molecule has 2 heteroatoms. The number of halogens is 1. The minimum Gasteiger partial charge on any atom is -0.311 e. The molecule has 0 aliphatic heterocycles. The second-order valence-electron chi connectivity index (χ2n) is 4.61. The van der Waals surface area contributed by atoms with Crippen molar-refractivity contribution in [2.75, 3.05) is 0 Å². The van der Waals surface area contributed by atoms with Crippen molar-refractivity contribution < 1.29 is 0 Å². The average Bonchev–Trinajstić information content (AvgIpc) is 2.59. The number of benzene rings is 1. The molecule has 0 spiro atoms. The van der Waals surface area contributed by atoms with Crippen LogP contribution in [0.4, 0.5) is 0 Å². The zero-order chi connectivity index (χ0) is 11.5. The highest BCUT2D eigenvalue weighted by Crippen LogP contribution is 2.25. The molecular formula is C14H18ClN. The fourth-order valence-electron chi connectivity index (χ4n) is 2.42. The fourth-order valence-corrected chi connectivity index (χ4v) is 2.62. The lowest BCUT2D eigenvalue weighted by Crippen LogP contribution is -2.36. The van der Waals surface area contributed by atoms with Gasteiger partial charge in [-0.25, -0.2) is 0 Å². The summed E-state index contributed by atoms with van der Waals surface area (Å²) < 4.78 is 0. The van der Waals surface area contributed by atoms with Gasteiger partial charge in [0.05, 0.1) is 0 Å². The average molecular weight is 236 g/mol. The van der Waals surface area contributed by atoms with E-state index in [-0.39, 0.29) is 0 Å². The van der Waals surface area contributed by atoms with E-state index in [9.17, 15) is 0 Å². The Bertz CT molecular complexity index is 386. The first-order valence-corrected chi connectivity index (χ1v) is 6.21. The Morgan fingerprint density at radius 3 is 3.00 bits per heavy atom. The Morgan fingerprint density at radius 1 is 1.50 bits per heavy atom. The summed E-state index contributed by atoms with van der Waals surface area (Å²) in [6.07, 6.45) is 5.20. The summed E-state index contributed by atoms with van der Waals surface area (Å²) in [7, 11) is 0. The van der Waals surface area contributed by atoms with Crippen molar-refractivity contribution in [3.05, 3.63) is 47.0 Å². The van der Waals surface area contributed by atoms with Crippen molar-refractivity contribution in [1.82, 2.24) is 5.32 Å². The van der Waals surface area contributed by atoms with Crippen molar-refractivity contribution >= 4 is 11.6 Å². The Balaban J connectivity index is 1.97. The summed E-state index contributed by atoms with van der Waals surface area (Å²) in [4.78, 5) is 0. The molecule has 0 aromatic heterocycles. The Hall–Kier alpha value is -0.790. The molecule has 2 rings (SSSR count). The molecule has 1 aliphatic carbocycles. The van der Waals surface area contributed by atoms with Gasteiger partial charge >= 0.3 is 0 Å². The summed E-state index contributed by atoms with van der Waals surface area (Å²) >= 11 is 5.99. The molecule has 0 fully saturated rings. The van der Waals surface area contributed by atoms with E-state index >= 15 is 0 Å². The van der Waals surface area contributed by atoms with Gasteiger partial charge in [0.25, 0.3) is 0 Å². The Morgan fingerprint density at radius 2 is 2.25 bits per heavy atom. The minimum absolute atomic E-state index is 0.507. The second-order valence-corrected chi connectivity index (χ2v) is 5.05. The summed E-state index contributed by atoms with van der Waals surface area (Å²) in [5.74, 6) is 0. The van der Waals surface area contributed by atoms with E-state index in [2.05, 4.69) is 31.0 Å².